The van der Waals surface area contributed by atoms with E-state index in [1.54, 1.807) is 6.20 Å². The molecule has 9 N–H and O–H groups in total. The van der Waals surface area contributed by atoms with E-state index in [-0.39, 0.29) is 25.0 Å². The van der Waals surface area contributed by atoms with Gasteiger partial charge in [0.25, 0.3) is 0 Å². The van der Waals surface area contributed by atoms with Gasteiger partial charge in [-0.25, -0.2) is 14.8 Å². The molecule has 216 valence electrons. The molecule has 4 atom stereocenters. The molecular formula is C26H31N9O5S. The second-order valence-corrected chi connectivity index (χ2v) is 9.80. The highest BCUT2D eigenvalue weighted by molar-refractivity contribution is 7.80. The minimum Gasteiger partial charge on any atom is -0.480 e. The normalized spacial score (nSPS) is 14.1. The maximum atomic E-state index is 13.5. The van der Waals surface area contributed by atoms with Gasteiger partial charge in [0.2, 0.25) is 17.7 Å². The van der Waals surface area contributed by atoms with Crippen LogP contribution in [0.3, 0.4) is 0 Å². The largest absolute Gasteiger partial charge is 0.480 e. The van der Waals surface area contributed by atoms with Crippen LogP contribution in [0, 0.1) is 0 Å². The standard InChI is InChI=1S/C26H31N9O5S/c27-18(11-41)23(36)33-20(6-15-9-28-12-31-15)24(37)34-21(7-16-10-29-13-32-16)25(38)35-22(26(39)40)5-14-8-30-19-4-2-1-3-17(14)19/h1-4,8-10,12-13,18,20-22,30,41H,5-7,11,27H2,(H,28,31)(H,29,32)(H,33,36)(H,34,37)(H,35,38)(H,39,40). The number of carboxylic acid groups (broad SMARTS) is 1. The van der Waals surface area contributed by atoms with E-state index in [9.17, 15) is 24.3 Å². The number of para-hydroxylation sites is 1. The summed E-state index contributed by atoms with van der Waals surface area (Å²) >= 11 is 4.03. The molecule has 0 aliphatic heterocycles. The fourth-order valence-electron chi connectivity index (χ4n) is 4.28. The average Bonchev–Trinajstić information content (AvgIpc) is 3.74. The Bertz CT molecular complexity index is 1470. The smallest absolute Gasteiger partial charge is 0.326 e. The molecule has 4 unspecified atom stereocenters. The first-order valence-electron chi connectivity index (χ1n) is 12.7. The first kappa shape index (κ1) is 29.4. The number of H-pyrrole nitrogens is 3. The van der Waals surface area contributed by atoms with Crippen LogP contribution >= 0.6 is 12.6 Å². The molecule has 0 aliphatic rings. The summed E-state index contributed by atoms with van der Waals surface area (Å²) in [6, 6.07) is 2.86. The highest BCUT2D eigenvalue weighted by Gasteiger charge is 2.31. The summed E-state index contributed by atoms with van der Waals surface area (Å²) in [4.78, 5) is 68.3. The zero-order valence-corrected chi connectivity index (χ0v) is 22.7. The van der Waals surface area contributed by atoms with Crippen molar-refractivity contribution in [2.24, 2.45) is 5.73 Å². The Labute approximate surface area is 239 Å². The lowest BCUT2D eigenvalue weighted by atomic mass is 10.0. The summed E-state index contributed by atoms with van der Waals surface area (Å²) in [7, 11) is 0. The number of amides is 3. The van der Waals surface area contributed by atoms with Crippen LogP contribution < -0.4 is 21.7 Å². The minimum atomic E-state index is -1.28. The number of aliphatic carboxylic acids is 1. The van der Waals surface area contributed by atoms with Crippen LogP contribution in [0.1, 0.15) is 17.0 Å². The van der Waals surface area contributed by atoms with E-state index in [1.165, 1.54) is 25.0 Å². The van der Waals surface area contributed by atoms with E-state index in [2.05, 4.69) is 53.5 Å². The number of carboxylic acids is 1. The third-order valence-corrected chi connectivity index (χ3v) is 6.86. The Balaban J connectivity index is 1.53. The van der Waals surface area contributed by atoms with Crippen LogP contribution in [-0.4, -0.2) is 83.6 Å². The average molecular weight is 582 g/mol. The molecule has 0 fully saturated rings. The number of benzene rings is 1. The highest BCUT2D eigenvalue weighted by atomic mass is 32.1. The molecule has 14 nitrogen and oxygen atoms in total. The first-order valence-corrected chi connectivity index (χ1v) is 13.4. The van der Waals surface area contributed by atoms with Gasteiger partial charge in [0, 0.05) is 65.9 Å². The Morgan fingerprint density at radius 2 is 1.39 bits per heavy atom. The molecule has 15 heteroatoms. The van der Waals surface area contributed by atoms with Gasteiger partial charge < -0.3 is 41.7 Å². The zero-order valence-electron chi connectivity index (χ0n) is 21.8. The van der Waals surface area contributed by atoms with E-state index in [4.69, 9.17) is 5.73 Å². The molecule has 0 aliphatic carbocycles. The van der Waals surface area contributed by atoms with Crippen molar-refractivity contribution in [3.05, 3.63) is 72.5 Å². The van der Waals surface area contributed by atoms with Crippen LogP contribution in [0.15, 0.2) is 55.5 Å². The monoisotopic (exact) mass is 581 g/mol. The summed E-state index contributed by atoms with van der Waals surface area (Å²) in [6.45, 7) is 0. The molecule has 4 rings (SSSR count). The lowest BCUT2D eigenvalue weighted by Gasteiger charge is -2.25. The lowest BCUT2D eigenvalue weighted by molar-refractivity contribution is -0.142. The number of nitrogens with two attached hydrogens (primary N) is 1. The number of carbonyl (C=O) groups is 4. The summed E-state index contributed by atoms with van der Waals surface area (Å²) < 4.78 is 0. The molecule has 1 aromatic carbocycles. The van der Waals surface area contributed by atoms with Crippen molar-refractivity contribution in [3.63, 3.8) is 0 Å². The van der Waals surface area contributed by atoms with Gasteiger partial charge in [0.1, 0.15) is 18.1 Å². The summed E-state index contributed by atoms with van der Waals surface area (Å²) in [5, 5.41) is 18.6. The molecule has 41 heavy (non-hydrogen) atoms. The topological polar surface area (TPSA) is 224 Å². The molecule has 0 saturated carbocycles. The number of nitrogens with one attached hydrogen (secondary N) is 6. The van der Waals surface area contributed by atoms with Crippen LogP contribution in [-0.2, 0) is 38.4 Å². The van der Waals surface area contributed by atoms with Gasteiger partial charge >= 0.3 is 5.97 Å². The number of imidazole rings is 2. The van der Waals surface area contributed by atoms with Crippen molar-refractivity contribution in [1.82, 2.24) is 40.9 Å². The van der Waals surface area contributed by atoms with Gasteiger partial charge in [-0.15, -0.1) is 0 Å². The number of hydrogen-bond acceptors (Lipinski definition) is 8. The quantitative estimate of drug-likeness (QED) is 0.0875. The van der Waals surface area contributed by atoms with Crippen molar-refractivity contribution in [2.45, 2.75) is 43.4 Å². The molecule has 0 radical (unpaired) electrons. The molecule has 3 aromatic heterocycles. The Morgan fingerprint density at radius 3 is 1.93 bits per heavy atom. The van der Waals surface area contributed by atoms with Gasteiger partial charge in [0.15, 0.2) is 0 Å². The molecular weight excluding hydrogens is 550 g/mol. The summed E-state index contributed by atoms with van der Waals surface area (Å²) in [6.07, 6.45) is 7.57. The van der Waals surface area contributed by atoms with Crippen molar-refractivity contribution < 1.29 is 24.3 Å². The number of fused-ring (bicyclic) bond motifs is 1. The third-order valence-electron chi connectivity index (χ3n) is 6.47. The first-order chi connectivity index (χ1) is 19.7. The molecule has 4 aromatic rings. The van der Waals surface area contributed by atoms with Crippen LogP contribution in [0.5, 0.6) is 0 Å². The Morgan fingerprint density at radius 1 is 0.829 bits per heavy atom. The van der Waals surface area contributed by atoms with E-state index in [1.807, 2.05) is 24.3 Å². The maximum absolute atomic E-state index is 13.5. The molecule has 0 saturated heterocycles. The second kappa shape index (κ2) is 13.6. The number of aromatic nitrogens is 5. The number of rotatable bonds is 14. The lowest BCUT2D eigenvalue weighted by Crippen LogP contribution is -2.58. The number of carbonyl (C=O) groups excluding carboxylic acids is 3. The highest BCUT2D eigenvalue weighted by Crippen LogP contribution is 2.19. The number of nitrogens with zero attached hydrogens (tertiary/aromatic N) is 2. The second-order valence-electron chi connectivity index (χ2n) is 9.44. The van der Waals surface area contributed by atoms with E-state index in [0.717, 1.165) is 10.9 Å². The van der Waals surface area contributed by atoms with Crippen molar-refractivity contribution >= 4 is 47.2 Å². The SMILES string of the molecule is NC(CS)C(=O)NC(Cc1cnc[nH]1)C(=O)NC(Cc1cnc[nH]1)C(=O)NC(Cc1c[nH]c2ccccc12)C(=O)O. The Hall–Kier alpha value is -4.63. The van der Waals surface area contributed by atoms with Gasteiger partial charge in [-0.2, -0.15) is 12.6 Å². The molecule has 3 amide bonds. The van der Waals surface area contributed by atoms with E-state index in [0.29, 0.717) is 17.0 Å². The molecule has 3 heterocycles. The van der Waals surface area contributed by atoms with Crippen molar-refractivity contribution in [1.29, 1.82) is 0 Å². The minimum absolute atomic E-state index is 0.00985. The van der Waals surface area contributed by atoms with Gasteiger partial charge in [-0.1, -0.05) is 18.2 Å². The van der Waals surface area contributed by atoms with Crippen molar-refractivity contribution in [2.75, 3.05) is 5.75 Å². The predicted molar refractivity (Wildman–Crippen MR) is 152 cm³/mol. The number of hydrogen-bond donors (Lipinski definition) is 9. The third kappa shape index (κ3) is 7.73. The van der Waals surface area contributed by atoms with Crippen LogP contribution in [0.4, 0.5) is 0 Å². The maximum Gasteiger partial charge on any atom is 0.326 e. The molecule has 0 bridgehead atoms. The predicted octanol–water partition coefficient (Wildman–Crippen LogP) is -0.562. The van der Waals surface area contributed by atoms with Gasteiger partial charge in [-0.3, -0.25) is 14.4 Å². The summed E-state index contributed by atoms with van der Waals surface area (Å²) in [5.74, 6) is -3.18. The van der Waals surface area contributed by atoms with E-state index < -0.39 is 47.9 Å². The Kier molecular flexibility index (Phi) is 9.76. The zero-order chi connectivity index (χ0) is 29.4. The van der Waals surface area contributed by atoms with Crippen LogP contribution in [0.2, 0.25) is 0 Å². The fourth-order valence-corrected chi connectivity index (χ4v) is 4.44. The van der Waals surface area contributed by atoms with Gasteiger partial charge in [-0.05, 0) is 11.6 Å². The summed E-state index contributed by atoms with van der Waals surface area (Å²) in [5.41, 5.74) is 8.42. The molecule has 0 spiro atoms. The van der Waals surface area contributed by atoms with E-state index >= 15 is 0 Å². The number of thiol groups is 1. The number of aromatic amines is 3. The van der Waals surface area contributed by atoms with Crippen molar-refractivity contribution in [3.8, 4) is 0 Å². The fraction of sp³-hybridized carbons (Fsp3) is 0.308. The van der Waals surface area contributed by atoms with Gasteiger partial charge in [0.05, 0.1) is 18.7 Å². The van der Waals surface area contributed by atoms with Crippen LogP contribution in [0.25, 0.3) is 10.9 Å².